The SMILES string of the molecule is COC(=O)c1ccc(-c2cnc3c(N(CCC(F)(F)F)C(=O)OC(C)(C)C)cc(Oc4ccccc4)cn23)cc1C. The number of benzene rings is 2. The Hall–Kier alpha value is -4.54. The van der Waals surface area contributed by atoms with Crippen molar-refractivity contribution < 1.29 is 37.0 Å². The number of aromatic nitrogens is 2. The van der Waals surface area contributed by atoms with E-state index in [2.05, 4.69) is 4.98 Å². The predicted molar refractivity (Wildman–Crippen MR) is 147 cm³/mol. The lowest BCUT2D eigenvalue weighted by molar-refractivity contribution is -0.132. The Morgan fingerprint density at radius 1 is 1.00 bits per heavy atom. The van der Waals surface area contributed by atoms with E-state index in [1.165, 1.54) is 19.4 Å². The molecule has 4 aromatic rings. The number of para-hydroxylation sites is 1. The average Bonchev–Trinajstić information content (AvgIpc) is 3.31. The summed E-state index contributed by atoms with van der Waals surface area (Å²) in [7, 11) is 1.30. The first-order valence-electron chi connectivity index (χ1n) is 12.8. The fraction of sp³-hybridized carbons (Fsp3) is 0.300. The highest BCUT2D eigenvalue weighted by Gasteiger charge is 2.33. The molecule has 0 aliphatic rings. The first-order valence-corrected chi connectivity index (χ1v) is 12.8. The van der Waals surface area contributed by atoms with Crippen molar-refractivity contribution in [3.8, 4) is 22.8 Å². The first kappa shape index (κ1) is 29.4. The number of hydrogen-bond acceptors (Lipinski definition) is 6. The van der Waals surface area contributed by atoms with Crippen LogP contribution in [0.3, 0.4) is 0 Å². The molecule has 0 bridgehead atoms. The van der Waals surface area contributed by atoms with E-state index in [0.29, 0.717) is 28.1 Å². The second-order valence-corrected chi connectivity index (χ2v) is 10.3. The fourth-order valence-corrected chi connectivity index (χ4v) is 4.17. The molecule has 216 valence electrons. The molecule has 0 unspecified atom stereocenters. The number of alkyl halides is 3. The van der Waals surface area contributed by atoms with Crippen molar-refractivity contribution in [3.05, 3.63) is 78.1 Å². The molecule has 0 radical (unpaired) electrons. The van der Waals surface area contributed by atoms with Gasteiger partial charge in [-0.2, -0.15) is 13.2 Å². The van der Waals surface area contributed by atoms with Crippen LogP contribution in [0.25, 0.3) is 16.9 Å². The number of ether oxygens (including phenoxy) is 3. The number of esters is 1. The zero-order valence-electron chi connectivity index (χ0n) is 23.3. The topological polar surface area (TPSA) is 82.4 Å². The van der Waals surface area contributed by atoms with Gasteiger partial charge in [0.25, 0.3) is 0 Å². The summed E-state index contributed by atoms with van der Waals surface area (Å²) in [4.78, 5) is 30.7. The van der Waals surface area contributed by atoms with Crippen LogP contribution in [-0.4, -0.2) is 46.9 Å². The number of carbonyl (C=O) groups is 2. The molecule has 11 heteroatoms. The van der Waals surface area contributed by atoms with E-state index >= 15 is 0 Å². The standard InChI is InChI=1S/C30H30F3N3O5/c1-19-15-20(11-12-23(19)27(37)39-5)25-17-34-26-24(16-22(18-36(25)26)40-21-9-7-6-8-10-21)35(14-13-30(31,32)33)28(38)41-29(2,3)4/h6-12,15-18H,13-14H2,1-5H3. The molecule has 2 aromatic heterocycles. The Labute approximate surface area is 235 Å². The molecule has 0 N–H and O–H groups in total. The molecule has 2 aromatic carbocycles. The van der Waals surface area contributed by atoms with Crippen LogP contribution in [-0.2, 0) is 9.47 Å². The van der Waals surface area contributed by atoms with Crippen LogP contribution in [0, 0.1) is 6.92 Å². The number of pyridine rings is 1. The van der Waals surface area contributed by atoms with Crippen molar-refractivity contribution in [1.29, 1.82) is 0 Å². The number of aryl methyl sites for hydroxylation is 1. The van der Waals surface area contributed by atoms with E-state index < -0.39 is 36.8 Å². The van der Waals surface area contributed by atoms with Crippen molar-refractivity contribution in [2.24, 2.45) is 0 Å². The third-order valence-corrected chi connectivity index (χ3v) is 5.99. The second kappa shape index (κ2) is 11.5. The van der Waals surface area contributed by atoms with Gasteiger partial charge in [-0.1, -0.05) is 24.3 Å². The van der Waals surface area contributed by atoms with Crippen LogP contribution in [0.2, 0.25) is 0 Å². The molecule has 0 atom stereocenters. The Morgan fingerprint density at radius 3 is 2.32 bits per heavy atom. The number of methoxy groups -OCH3 is 1. The zero-order valence-corrected chi connectivity index (χ0v) is 23.3. The summed E-state index contributed by atoms with van der Waals surface area (Å²) in [5, 5.41) is 0. The minimum absolute atomic E-state index is 0.0751. The van der Waals surface area contributed by atoms with Gasteiger partial charge in [-0.15, -0.1) is 0 Å². The number of imidazole rings is 1. The lowest BCUT2D eigenvalue weighted by Gasteiger charge is -2.28. The van der Waals surface area contributed by atoms with Crippen LogP contribution >= 0.6 is 0 Å². The summed E-state index contributed by atoms with van der Waals surface area (Å²) in [6, 6.07) is 15.4. The third-order valence-electron chi connectivity index (χ3n) is 5.99. The Kier molecular flexibility index (Phi) is 8.27. The smallest absolute Gasteiger partial charge is 0.414 e. The summed E-state index contributed by atoms with van der Waals surface area (Å²) < 4.78 is 58.0. The van der Waals surface area contributed by atoms with Gasteiger partial charge in [-0.25, -0.2) is 14.6 Å². The highest BCUT2D eigenvalue weighted by Crippen LogP contribution is 2.35. The summed E-state index contributed by atoms with van der Waals surface area (Å²) in [6.07, 6.45) is -3.56. The van der Waals surface area contributed by atoms with Gasteiger partial charge in [-0.3, -0.25) is 9.30 Å². The molecule has 2 heterocycles. The lowest BCUT2D eigenvalue weighted by atomic mass is 10.0. The van der Waals surface area contributed by atoms with E-state index in [9.17, 15) is 22.8 Å². The molecule has 0 saturated carbocycles. The number of anilines is 1. The van der Waals surface area contributed by atoms with Gasteiger partial charge in [0.1, 0.15) is 17.1 Å². The first-order chi connectivity index (χ1) is 19.3. The van der Waals surface area contributed by atoms with Gasteiger partial charge < -0.3 is 14.2 Å². The highest BCUT2D eigenvalue weighted by molar-refractivity contribution is 5.94. The van der Waals surface area contributed by atoms with Crippen molar-refractivity contribution in [1.82, 2.24) is 9.38 Å². The molecule has 0 fully saturated rings. The molecule has 1 amide bonds. The number of halogens is 3. The molecular formula is C30H30F3N3O5. The van der Waals surface area contributed by atoms with Crippen LogP contribution in [0.5, 0.6) is 11.5 Å². The second-order valence-electron chi connectivity index (χ2n) is 10.3. The van der Waals surface area contributed by atoms with Gasteiger partial charge >= 0.3 is 18.2 Å². The van der Waals surface area contributed by atoms with Crippen LogP contribution < -0.4 is 9.64 Å². The maximum absolute atomic E-state index is 13.3. The Morgan fingerprint density at radius 2 is 1.71 bits per heavy atom. The summed E-state index contributed by atoms with van der Waals surface area (Å²) >= 11 is 0. The van der Waals surface area contributed by atoms with Gasteiger partial charge in [0.05, 0.1) is 42.9 Å². The molecular weight excluding hydrogens is 539 g/mol. The minimum Gasteiger partial charge on any atom is -0.465 e. The molecule has 8 nitrogen and oxygen atoms in total. The number of hydrogen-bond donors (Lipinski definition) is 0. The Bertz CT molecular complexity index is 1560. The number of rotatable bonds is 7. The van der Waals surface area contributed by atoms with Crippen LogP contribution in [0.1, 0.15) is 43.1 Å². The van der Waals surface area contributed by atoms with Crippen molar-refractivity contribution in [3.63, 3.8) is 0 Å². The Balaban J connectivity index is 1.90. The van der Waals surface area contributed by atoms with E-state index in [0.717, 1.165) is 4.90 Å². The predicted octanol–water partition coefficient (Wildman–Crippen LogP) is 7.58. The summed E-state index contributed by atoms with van der Waals surface area (Å²) in [5.41, 5.74) is 1.60. The molecule has 41 heavy (non-hydrogen) atoms. The summed E-state index contributed by atoms with van der Waals surface area (Å²) in [5.74, 6) is 0.254. The largest absolute Gasteiger partial charge is 0.465 e. The van der Waals surface area contributed by atoms with E-state index in [4.69, 9.17) is 14.2 Å². The number of fused-ring (bicyclic) bond motifs is 1. The maximum Gasteiger partial charge on any atom is 0.414 e. The average molecular weight is 570 g/mol. The lowest BCUT2D eigenvalue weighted by Crippen LogP contribution is -2.39. The zero-order chi connectivity index (χ0) is 29.9. The number of amides is 1. The van der Waals surface area contributed by atoms with Gasteiger partial charge in [-0.05, 0) is 57.5 Å². The van der Waals surface area contributed by atoms with E-state index in [1.54, 1.807) is 80.8 Å². The molecule has 0 spiro atoms. The molecule has 4 rings (SSSR count). The van der Waals surface area contributed by atoms with Crippen molar-refractivity contribution in [2.75, 3.05) is 18.6 Å². The van der Waals surface area contributed by atoms with Gasteiger partial charge in [0.2, 0.25) is 0 Å². The van der Waals surface area contributed by atoms with Gasteiger partial charge in [0, 0.05) is 18.2 Å². The molecule has 0 saturated heterocycles. The van der Waals surface area contributed by atoms with Crippen molar-refractivity contribution in [2.45, 2.75) is 45.9 Å². The van der Waals surface area contributed by atoms with Crippen LogP contribution in [0.4, 0.5) is 23.7 Å². The number of nitrogens with zero attached hydrogens (tertiary/aromatic N) is 3. The molecule has 0 aliphatic heterocycles. The van der Waals surface area contributed by atoms with Crippen molar-refractivity contribution >= 4 is 23.4 Å². The maximum atomic E-state index is 13.3. The minimum atomic E-state index is -4.52. The monoisotopic (exact) mass is 569 g/mol. The van der Waals surface area contributed by atoms with E-state index in [1.807, 2.05) is 6.07 Å². The van der Waals surface area contributed by atoms with Gasteiger partial charge in [0.15, 0.2) is 5.65 Å². The molecule has 0 aliphatic carbocycles. The van der Waals surface area contributed by atoms with Crippen LogP contribution in [0.15, 0.2) is 67.0 Å². The summed E-state index contributed by atoms with van der Waals surface area (Å²) in [6.45, 7) is 5.95. The number of carbonyl (C=O) groups excluding carboxylic acids is 2. The highest BCUT2D eigenvalue weighted by atomic mass is 19.4. The normalized spacial score (nSPS) is 11.8. The van der Waals surface area contributed by atoms with E-state index in [-0.39, 0.29) is 17.1 Å². The fourth-order valence-electron chi connectivity index (χ4n) is 4.17. The third kappa shape index (κ3) is 7.16. The quantitative estimate of drug-likeness (QED) is 0.213.